The summed E-state index contributed by atoms with van der Waals surface area (Å²) in [7, 11) is 3.94. The van der Waals surface area contributed by atoms with Gasteiger partial charge in [-0.15, -0.1) is 34.8 Å². The molecule has 1 aliphatic heterocycles. The number of likely N-dealkylation sites (N-methyl/N-ethyl adjacent to an activating group) is 3. The number of carbonyl (C=O) groups excluding carboxylic acids is 6. The topological polar surface area (TPSA) is 140 Å². The lowest BCUT2D eigenvalue weighted by atomic mass is 10.0. The Morgan fingerprint density at radius 1 is 0.500 bits per heavy atom. The average molecular weight is 659 g/mol. The summed E-state index contributed by atoms with van der Waals surface area (Å²) in [5.41, 5.74) is 0. The van der Waals surface area contributed by atoms with Gasteiger partial charge in [-0.1, -0.05) is 41.5 Å². The van der Waals surface area contributed by atoms with Gasteiger partial charge >= 0.3 is 17.9 Å². The molecule has 0 N–H and O–H groups in total. The maximum Gasteiger partial charge on any atom is 0.329 e. The molecular formula is C27H42Cl3N3O9. The van der Waals surface area contributed by atoms with E-state index in [0.717, 1.165) is 14.7 Å². The van der Waals surface area contributed by atoms with Crippen LogP contribution in [0.25, 0.3) is 0 Å². The highest BCUT2D eigenvalue weighted by molar-refractivity contribution is 6.20. The number of hydrogen-bond donors (Lipinski definition) is 0. The molecule has 1 heterocycles. The van der Waals surface area contributed by atoms with Gasteiger partial charge in [0.15, 0.2) is 18.3 Å². The summed E-state index contributed by atoms with van der Waals surface area (Å²) in [4.78, 5) is 83.4. The molecule has 15 heteroatoms. The molecule has 3 amide bonds. The van der Waals surface area contributed by atoms with Crippen LogP contribution in [0.4, 0.5) is 0 Å². The van der Waals surface area contributed by atoms with E-state index in [-0.39, 0.29) is 0 Å². The van der Waals surface area contributed by atoms with Crippen LogP contribution in [0.15, 0.2) is 0 Å². The second kappa shape index (κ2) is 16.5. The van der Waals surface area contributed by atoms with E-state index in [1.54, 1.807) is 41.5 Å². The van der Waals surface area contributed by atoms with Crippen LogP contribution in [0, 0.1) is 17.8 Å². The highest BCUT2D eigenvalue weighted by Crippen LogP contribution is 2.22. The Hall–Kier alpha value is -2.31. The standard InChI is InChI=1S/C27H42Cl3N3O9/c1-13(2)19-25(37)40-17(11-29)23(35)32(8)21(15(5)6)27(39)42-18(12-30)24(36)33(9)20(14(3)4)26(38)41-16(10-28)22(34)31(19)7/h13-21H,10-12H2,1-9H3/t16-,17-,18-,19+,20+,21+/m1/s1. The second-order valence-electron chi connectivity index (χ2n) is 11.2. The molecule has 0 unspecified atom stereocenters. The molecule has 240 valence electrons. The van der Waals surface area contributed by atoms with Crippen molar-refractivity contribution >= 4 is 70.4 Å². The van der Waals surface area contributed by atoms with E-state index in [1.807, 2.05) is 0 Å². The van der Waals surface area contributed by atoms with Crippen molar-refractivity contribution in [2.45, 2.75) is 78.0 Å². The number of carbonyl (C=O) groups is 6. The lowest BCUT2D eigenvalue weighted by Crippen LogP contribution is -2.57. The average Bonchev–Trinajstić information content (AvgIpc) is 2.90. The lowest BCUT2D eigenvalue weighted by molar-refractivity contribution is -0.176. The van der Waals surface area contributed by atoms with Crippen molar-refractivity contribution in [3.63, 3.8) is 0 Å². The predicted octanol–water partition coefficient (Wildman–Crippen LogP) is 1.90. The number of cyclic esters (lactones) is 3. The molecule has 0 aromatic heterocycles. The Labute approximate surface area is 262 Å². The van der Waals surface area contributed by atoms with Crippen LogP contribution in [0.5, 0.6) is 0 Å². The molecule has 1 saturated heterocycles. The van der Waals surface area contributed by atoms with E-state index in [2.05, 4.69) is 0 Å². The van der Waals surface area contributed by atoms with Crippen molar-refractivity contribution in [2.24, 2.45) is 17.8 Å². The smallest absolute Gasteiger partial charge is 0.329 e. The third kappa shape index (κ3) is 8.86. The number of amides is 3. The number of nitrogens with zero attached hydrogens (tertiary/aromatic N) is 3. The van der Waals surface area contributed by atoms with Crippen LogP contribution in [0.1, 0.15) is 41.5 Å². The highest BCUT2D eigenvalue weighted by Gasteiger charge is 2.43. The van der Waals surface area contributed by atoms with Gasteiger partial charge in [-0.2, -0.15) is 0 Å². The van der Waals surface area contributed by atoms with Crippen molar-refractivity contribution in [3.05, 3.63) is 0 Å². The summed E-state index contributed by atoms with van der Waals surface area (Å²) in [6.45, 7) is 9.92. The van der Waals surface area contributed by atoms with Gasteiger partial charge in [0.25, 0.3) is 17.7 Å². The van der Waals surface area contributed by atoms with Crippen LogP contribution in [-0.4, -0.2) is 126 Å². The molecule has 1 rings (SSSR count). The summed E-state index contributed by atoms with van der Waals surface area (Å²) in [6.07, 6.45) is -4.56. The quantitative estimate of drug-likeness (QED) is 0.238. The molecule has 12 nitrogen and oxygen atoms in total. The van der Waals surface area contributed by atoms with Gasteiger partial charge < -0.3 is 28.9 Å². The third-order valence-electron chi connectivity index (χ3n) is 6.94. The Balaban J connectivity index is 3.77. The fraction of sp³-hybridized carbons (Fsp3) is 0.778. The van der Waals surface area contributed by atoms with Crippen molar-refractivity contribution in [1.29, 1.82) is 0 Å². The van der Waals surface area contributed by atoms with Gasteiger partial charge in [0.05, 0.1) is 17.6 Å². The number of halogens is 3. The molecule has 0 aliphatic carbocycles. The molecule has 0 saturated carbocycles. The van der Waals surface area contributed by atoms with E-state index in [4.69, 9.17) is 49.0 Å². The van der Waals surface area contributed by atoms with Crippen molar-refractivity contribution in [3.8, 4) is 0 Å². The largest absolute Gasteiger partial charge is 0.449 e. The van der Waals surface area contributed by atoms with Gasteiger partial charge in [-0.25, -0.2) is 14.4 Å². The Kier molecular flexibility index (Phi) is 14.8. The number of rotatable bonds is 6. The number of alkyl halides is 3. The molecule has 0 spiro atoms. The van der Waals surface area contributed by atoms with Crippen LogP contribution in [0.2, 0.25) is 0 Å². The minimum Gasteiger partial charge on any atom is -0.449 e. The molecule has 1 fully saturated rings. The maximum absolute atomic E-state index is 13.4. The van der Waals surface area contributed by atoms with E-state index in [1.165, 1.54) is 21.1 Å². The van der Waals surface area contributed by atoms with Gasteiger partial charge in [0.1, 0.15) is 18.1 Å². The monoisotopic (exact) mass is 657 g/mol. The zero-order valence-electron chi connectivity index (χ0n) is 25.5. The Morgan fingerprint density at radius 3 is 0.833 bits per heavy atom. The van der Waals surface area contributed by atoms with E-state index < -0.39 is 107 Å². The lowest BCUT2D eigenvalue weighted by Gasteiger charge is -2.36. The van der Waals surface area contributed by atoms with E-state index in [9.17, 15) is 28.8 Å². The highest BCUT2D eigenvalue weighted by atomic mass is 35.5. The Morgan fingerprint density at radius 2 is 0.690 bits per heavy atom. The minimum atomic E-state index is -1.52. The zero-order valence-corrected chi connectivity index (χ0v) is 27.7. The van der Waals surface area contributed by atoms with E-state index in [0.29, 0.717) is 0 Å². The first kappa shape index (κ1) is 37.7. The number of ether oxygens (including phenoxy) is 3. The van der Waals surface area contributed by atoms with Crippen LogP contribution < -0.4 is 0 Å². The zero-order chi connectivity index (χ0) is 32.6. The molecule has 0 aromatic carbocycles. The maximum atomic E-state index is 13.4. The molecule has 0 aromatic rings. The van der Waals surface area contributed by atoms with Crippen molar-refractivity contribution in [2.75, 3.05) is 38.8 Å². The second-order valence-corrected chi connectivity index (χ2v) is 12.1. The van der Waals surface area contributed by atoms with Crippen molar-refractivity contribution < 1.29 is 43.0 Å². The fourth-order valence-corrected chi connectivity index (χ4v) is 5.38. The first-order chi connectivity index (χ1) is 19.5. The number of esters is 3. The number of hydrogen-bond acceptors (Lipinski definition) is 9. The van der Waals surface area contributed by atoms with Gasteiger partial charge in [0.2, 0.25) is 0 Å². The first-order valence-electron chi connectivity index (χ1n) is 13.6. The summed E-state index contributed by atoms with van der Waals surface area (Å²) in [5.74, 6) is -8.11. The van der Waals surface area contributed by atoms with Gasteiger partial charge in [-0.3, -0.25) is 14.4 Å². The molecule has 0 radical (unpaired) electrons. The van der Waals surface area contributed by atoms with Gasteiger partial charge in [-0.05, 0) is 17.8 Å². The molecule has 1 aliphatic rings. The fourth-order valence-electron chi connectivity index (χ4n) is 4.80. The van der Waals surface area contributed by atoms with Gasteiger partial charge in [0, 0.05) is 21.1 Å². The summed E-state index contributed by atoms with van der Waals surface area (Å²) in [6, 6.07) is -3.65. The third-order valence-corrected chi connectivity index (χ3v) is 7.78. The Bertz CT molecular complexity index is 887. The van der Waals surface area contributed by atoms with Crippen LogP contribution in [-0.2, 0) is 43.0 Å². The van der Waals surface area contributed by atoms with Crippen molar-refractivity contribution in [1.82, 2.24) is 14.7 Å². The molecule has 6 atom stereocenters. The first-order valence-corrected chi connectivity index (χ1v) is 15.2. The van der Waals surface area contributed by atoms with Crippen LogP contribution in [0.3, 0.4) is 0 Å². The molecule has 42 heavy (non-hydrogen) atoms. The normalized spacial score (nSPS) is 28.2. The molecule has 0 bridgehead atoms. The van der Waals surface area contributed by atoms with E-state index >= 15 is 0 Å². The molecular weight excluding hydrogens is 617 g/mol. The SMILES string of the molecule is CC(C)[C@H]1C(=O)O[C@H](CCl)C(=O)N(C)[C@@H](C(C)C)C(=O)O[C@H](CCl)C(=O)N(C)[C@@H](C(C)C)C(=O)O[C@H](CCl)C(=O)N1C. The minimum absolute atomic E-state index is 0.455. The summed E-state index contributed by atoms with van der Waals surface area (Å²) < 4.78 is 16.4. The van der Waals surface area contributed by atoms with Crippen LogP contribution >= 0.6 is 34.8 Å². The summed E-state index contributed by atoms with van der Waals surface area (Å²) in [5, 5.41) is 0. The predicted molar refractivity (Wildman–Crippen MR) is 156 cm³/mol. The summed E-state index contributed by atoms with van der Waals surface area (Å²) >= 11 is 18.1.